The highest BCUT2D eigenvalue weighted by atomic mass is 32.1. The third-order valence-corrected chi connectivity index (χ3v) is 7.35. The second kappa shape index (κ2) is 6.00. The summed E-state index contributed by atoms with van der Waals surface area (Å²) in [5.41, 5.74) is 1.31. The van der Waals surface area contributed by atoms with Crippen LogP contribution >= 0.6 is 22.7 Å². The molecule has 0 unspecified atom stereocenters. The Hall–Kier alpha value is -1.24. The van der Waals surface area contributed by atoms with Crippen LogP contribution in [0.15, 0.2) is 17.5 Å². The Bertz CT molecular complexity index is 692. The number of nitrogens with zero attached hydrogens (tertiary/aromatic N) is 2. The van der Waals surface area contributed by atoms with Crippen LogP contribution in [0, 0.1) is 12.3 Å². The van der Waals surface area contributed by atoms with Gasteiger partial charge in [0.25, 0.3) is 5.91 Å². The lowest BCUT2D eigenvalue weighted by Gasteiger charge is -2.38. The van der Waals surface area contributed by atoms with Gasteiger partial charge in [0.2, 0.25) is 0 Å². The largest absolute Gasteiger partial charge is 0.338 e. The number of amides is 1. The molecule has 0 aliphatic carbocycles. The van der Waals surface area contributed by atoms with E-state index in [1.54, 1.807) is 11.3 Å². The summed E-state index contributed by atoms with van der Waals surface area (Å²) in [5, 5.41) is 6.49. The summed E-state index contributed by atoms with van der Waals surface area (Å²) >= 11 is 3.21. The number of carbonyl (C=O) groups excluding carboxylic acids is 1. The molecular weight excluding hydrogens is 326 g/mol. The smallest absolute Gasteiger partial charge is 0.265 e. The molecule has 2 aromatic rings. The maximum atomic E-state index is 12.9. The predicted molar refractivity (Wildman–Crippen MR) is 95.2 cm³/mol. The van der Waals surface area contributed by atoms with Crippen LogP contribution in [0.1, 0.15) is 34.6 Å². The Balaban J connectivity index is 1.49. The van der Waals surface area contributed by atoms with Gasteiger partial charge >= 0.3 is 0 Å². The molecule has 2 fully saturated rings. The van der Waals surface area contributed by atoms with Gasteiger partial charge in [-0.15, -0.1) is 22.7 Å². The van der Waals surface area contributed by atoms with Gasteiger partial charge in [0.1, 0.15) is 9.88 Å². The first kappa shape index (κ1) is 15.3. The zero-order valence-corrected chi connectivity index (χ0v) is 14.9. The van der Waals surface area contributed by atoms with Crippen molar-refractivity contribution in [3.05, 3.63) is 28.1 Å². The number of likely N-dealkylation sites (tertiary alicyclic amines) is 1. The number of thiazole rings is 1. The van der Waals surface area contributed by atoms with Gasteiger partial charge in [-0.3, -0.25) is 4.79 Å². The van der Waals surface area contributed by atoms with Crippen LogP contribution in [0.5, 0.6) is 0 Å². The lowest BCUT2D eigenvalue weighted by atomic mass is 9.78. The summed E-state index contributed by atoms with van der Waals surface area (Å²) in [7, 11) is 0. The van der Waals surface area contributed by atoms with Crippen LogP contribution in [0.3, 0.4) is 0 Å². The molecule has 0 atom stereocenters. The van der Waals surface area contributed by atoms with Gasteiger partial charge in [0, 0.05) is 19.6 Å². The Morgan fingerprint density at radius 1 is 1.35 bits per heavy atom. The quantitative estimate of drug-likeness (QED) is 0.906. The van der Waals surface area contributed by atoms with Crippen molar-refractivity contribution in [2.75, 3.05) is 26.2 Å². The number of piperidine rings is 1. The summed E-state index contributed by atoms with van der Waals surface area (Å²) in [6.07, 6.45) is 3.51. The number of aromatic nitrogens is 1. The van der Waals surface area contributed by atoms with Crippen LogP contribution in [0.4, 0.5) is 0 Å². The standard InChI is InChI=1S/C17H21N3OS2/c1-12-14(23-15(19-12)13-3-2-10-22-13)16(21)20-8-5-17(6-9-20)4-7-18-11-17/h2-3,10,18H,4-9,11H2,1H3. The Labute approximate surface area is 144 Å². The fraction of sp³-hybridized carbons (Fsp3) is 0.529. The van der Waals surface area contributed by atoms with E-state index in [0.29, 0.717) is 5.41 Å². The van der Waals surface area contributed by atoms with Gasteiger partial charge in [0.05, 0.1) is 10.6 Å². The van der Waals surface area contributed by atoms with Crippen molar-refractivity contribution >= 4 is 28.6 Å². The summed E-state index contributed by atoms with van der Waals surface area (Å²) in [6, 6.07) is 4.09. The third kappa shape index (κ3) is 2.84. The van der Waals surface area contributed by atoms with Crippen molar-refractivity contribution < 1.29 is 4.79 Å². The number of nitrogens with one attached hydrogen (secondary N) is 1. The Morgan fingerprint density at radius 3 is 2.83 bits per heavy atom. The van der Waals surface area contributed by atoms with E-state index in [9.17, 15) is 4.79 Å². The van der Waals surface area contributed by atoms with Crippen molar-refractivity contribution in [1.29, 1.82) is 0 Å². The van der Waals surface area contributed by atoms with E-state index in [1.165, 1.54) is 17.8 Å². The van der Waals surface area contributed by atoms with Gasteiger partial charge in [-0.25, -0.2) is 4.98 Å². The summed E-state index contributed by atoms with van der Waals surface area (Å²) in [6.45, 7) is 5.97. The molecule has 0 aromatic carbocycles. The summed E-state index contributed by atoms with van der Waals surface area (Å²) in [5.74, 6) is 0.170. The zero-order valence-electron chi connectivity index (χ0n) is 13.3. The number of hydrogen-bond acceptors (Lipinski definition) is 5. The van der Waals surface area contributed by atoms with Crippen molar-refractivity contribution in [2.24, 2.45) is 5.41 Å². The molecule has 4 nitrogen and oxygen atoms in total. The maximum absolute atomic E-state index is 12.9. The molecule has 0 radical (unpaired) electrons. The number of rotatable bonds is 2. The lowest BCUT2D eigenvalue weighted by molar-refractivity contribution is 0.0611. The molecule has 122 valence electrons. The van der Waals surface area contributed by atoms with Gasteiger partial charge in [-0.1, -0.05) is 6.07 Å². The summed E-state index contributed by atoms with van der Waals surface area (Å²) < 4.78 is 0. The van der Waals surface area contributed by atoms with Crippen LogP contribution in [-0.4, -0.2) is 42.0 Å². The van der Waals surface area contributed by atoms with Crippen LogP contribution in [-0.2, 0) is 0 Å². The minimum Gasteiger partial charge on any atom is -0.338 e. The minimum absolute atomic E-state index is 0.170. The molecular formula is C17H21N3OS2. The number of thiophene rings is 1. The van der Waals surface area contributed by atoms with Crippen molar-refractivity contribution in [3.63, 3.8) is 0 Å². The average molecular weight is 348 g/mol. The Kier molecular flexibility index (Phi) is 3.99. The molecule has 1 N–H and O–H groups in total. The maximum Gasteiger partial charge on any atom is 0.265 e. The molecule has 4 rings (SSSR count). The second-order valence-corrected chi connectivity index (χ2v) is 8.58. The van der Waals surface area contributed by atoms with E-state index in [4.69, 9.17) is 0 Å². The number of carbonyl (C=O) groups is 1. The molecule has 2 aliphatic rings. The van der Waals surface area contributed by atoms with Gasteiger partial charge in [-0.2, -0.15) is 0 Å². The van der Waals surface area contributed by atoms with Gasteiger partial charge in [0.15, 0.2) is 0 Å². The normalized spacial score (nSPS) is 20.3. The molecule has 23 heavy (non-hydrogen) atoms. The van der Waals surface area contributed by atoms with Gasteiger partial charge < -0.3 is 10.2 Å². The summed E-state index contributed by atoms with van der Waals surface area (Å²) in [4.78, 5) is 21.5. The highest BCUT2D eigenvalue weighted by molar-refractivity contribution is 7.22. The first-order chi connectivity index (χ1) is 11.2. The first-order valence-electron chi connectivity index (χ1n) is 8.18. The topological polar surface area (TPSA) is 45.2 Å². The van der Waals surface area contributed by atoms with Gasteiger partial charge in [-0.05, 0) is 49.6 Å². The number of hydrogen-bond donors (Lipinski definition) is 1. The molecule has 0 saturated carbocycles. The molecule has 2 aromatic heterocycles. The average Bonchev–Trinajstić information content (AvgIpc) is 3.28. The molecule has 0 bridgehead atoms. The van der Waals surface area contributed by atoms with Crippen molar-refractivity contribution in [1.82, 2.24) is 15.2 Å². The predicted octanol–water partition coefficient (Wildman–Crippen LogP) is 3.40. The molecule has 4 heterocycles. The van der Waals surface area contributed by atoms with Crippen molar-refractivity contribution in [3.8, 4) is 9.88 Å². The van der Waals surface area contributed by atoms with Crippen LogP contribution in [0.25, 0.3) is 9.88 Å². The zero-order chi connectivity index (χ0) is 15.9. The molecule has 2 aliphatic heterocycles. The first-order valence-corrected chi connectivity index (χ1v) is 9.88. The third-order valence-electron chi connectivity index (χ3n) is 5.17. The molecule has 1 amide bonds. The molecule has 6 heteroatoms. The molecule has 2 saturated heterocycles. The fourth-order valence-corrected chi connectivity index (χ4v) is 5.48. The fourth-order valence-electron chi connectivity index (χ4n) is 3.65. The molecule has 1 spiro atoms. The highest BCUT2D eigenvalue weighted by Crippen LogP contribution is 2.38. The Morgan fingerprint density at radius 2 is 2.17 bits per heavy atom. The van der Waals surface area contributed by atoms with Crippen LogP contribution in [0.2, 0.25) is 0 Å². The van der Waals surface area contributed by atoms with E-state index < -0.39 is 0 Å². The van der Waals surface area contributed by atoms with E-state index in [1.807, 2.05) is 23.3 Å². The van der Waals surface area contributed by atoms with E-state index in [-0.39, 0.29) is 5.91 Å². The highest BCUT2D eigenvalue weighted by Gasteiger charge is 2.38. The van der Waals surface area contributed by atoms with Crippen molar-refractivity contribution in [2.45, 2.75) is 26.2 Å². The van der Waals surface area contributed by atoms with E-state index >= 15 is 0 Å². The number of aryl methyl sites for hydroxylation is 1. The van der Waals surface area contributed by atoms with E-state index in [2.05, 4.69) is 16.4 Å². The van der Waals surface area contributed by atoms with E-state index in [0.717, 1.165) is 59.5 Å². The monoisotopic (exact) mass is 347 g/mol. The minimum atomic E-state index is 0.170. The SMILES string of the molecule is Cc1nc(-c2cccs2)sc1C(=O)N1CCC2(CCNC2)CC1. The van der Waals surface area contributed by atoms with Crippen LogP contribution < -0.4 is 5.32 Å². The lowest BCUT2D eigenvalue weighted by Crippen LogP contribution is -2.44. The second-order valence-electron chi connectivity index (χ2n) is 6.63.